The summed E-state index contributed by atoms with van der Waals surface area (Å²) in [7, 11) is 1.38. The van der Waals surface area contributed by atoms with Crippen molar-refractivity contribution in [2.45, 2.75) is 183 Å². The topological polar surface area (TPSA) is 385 Å². The Morgan fingerprint density at radius 1 is 0.703 bits per heavy atom. The number of hydrogen-bond donors (Lipinski definition) is 15. The van der Waals surface area contributed by atoms with Crippen molar-refractivity contribution in [1.82, 2.24) is 0 Å². The van der Waals surface area contributed by atoms with E-state index in [4.69, 9.17) is 33.2 Å². The lowest BCUT2D eigenvalue weighted by atomic mass is 9.71. The third-order valence-corrected chi connectivity index (χ3v) is 13.9. The zero-order valence-electron chi connectivity index (χ0n) is 42.8. The number of aliphatic hydroxyl groups is 15. The van der Waals surface area contributed by atoms with Crippen LogP contribution in [0.15, 0.2) is 71.4 Å². The second-order valence-electron chi connectivity index (χ2n) is 20.0. The van der Waals surface area contributed by atoms with Crippen LogP contribution in [0.3, 0.4) is 0 Å². The van der Waals surface area contributed by atoms with Gasteiger partial charge >= 0.3 is 0 Å². The fraction of sp³-hybridized carbons (Fsp3) is 0.745. The predicted octanol–water partition coefficient (Wildman–Crippen LogP) is -3.33. The zero-order valence-corrected chi connectivity index (χ0v) is 42.8. The first-order chi connectivity index (χ1) is 34.9. The van der Waals surface area contributed by atoms with Gasteiger partial charge in [0.15, 0.2) is 24.7 Å². The fourth-order valence-electron chi connectivity index (χ4n) is 9.07. The van der Waals surface area contributed by atoms with Crippen molar-refractivity contribution in [3.05, 3.63) is 71.4 Å². The Morgan fingerprint density at radius 2 is 1.28 bits per heavy atom. The highest BCUT2D eigenvalue weighted by molar-refractivity contribution is 5.98. The normalized spacial score (nSPS) is 38.4. The summed E-state index contributed by atoms with van der Waals surface area (Å²) in [6.45, 7) is 8.44. The fourth-order valence-corrected chi connectivity index (χ4v) is 9.07. The van der Waals surface area contributed by atoms with Crippen LogP contribution >= 0.6 is 0 Å². The van der Waals surface area contributed by atoms with Gasteiger partial charge in [0, 0.05) is 18.9 Å². The van der Waals surface area contributed by atoms with Gasteiger partial charge in [0.25, 0.3) is 0 Å². The molecule has 23 heteroatoms. The Kier molecular flexibility index (Phi) is 25.7. The SMILES string of the molecule is CO[C@H](/C=C/C(C)C)[C@@H](O)[C@H](O)[C@H](O)/C=C/CC1=C[C@H](O)[C@H](C(C)/C=C/C=C(\C)[C@H](O)C/C=C(/C)CO[C@@H]2O[C@H](CO[C@@H]3O[C@H](CO)[C@@H](O)[C@H](O)[C@H]3O)[C@@H](O)[C@H](O[C@@H]3O[C@H](CO)[C@@H](O)[C@H](O)[C@H]3O)[C@H]2O)[C@@H](C)C1=O. The van der Waals surface area contributed by atoms with Crippen LogP contribution in [0.5, 0.6) is 0 Å². The minimum atomic E-state index is -1.92. The highest BCUT2D eigenvalue weighted by Crippen LogP contribution is 2.35. The predicted molar refractivity (Wildman–Crippen MR) is 260 cm³/mol. The standard InChI is InChI=1S/C51H82O23/c1-23(2)14-17-32(68-7)39(59)38(58)30(55)13-9-12-28-18-31(56)36(27(6)37(28)57)26(5)11-8-10-25(4)29(54)16-15-24(3)21-69-50-47(67)48(74-51-46(66)44(64)41(61)34(20-53)72-51)42(62)35(73-50)22-70-49-45(65)43(63)40(60)33(19-52)71-49/h8-11,13-15,17-18,23,26-27,29-36,38-56,58-67H,12,16,19-22H2,1-7H3/b11-8+,13-9+,17-14+,24-15-,25-10+/t26?,27-,29-,30-,31+,32-,33-,34-,35-,36-,38-,39-,40-,41-,42-,43+,44+,45-,46-,47-,48+,49-,50-,51+/m1/s1. The number of allylic oxidation sites excluding steroid dienone is 6. The first-order valence-electron chi connectivity index (χ1n) is 24.9. The van der Waals surface area contributed by atoms with Gasteiger partial charge in [-0.05, 0) is 55.7 Å². The van der Waals surface area contributed by atoms with Gasteiger partial charge in [-0.1, -0.05) is 81.9 Å². The van der Waals surface area contributed by atoms with Crippen molar-refractivity contribution >= 4 is 5.78 Å². The molecule has 0 aromatic rings. The number of hydrogen-bond acceptors (Lipinski definition) is 23. The van der Waals surface area contributed by atoms with Gasteiger partial charge in [0.05, 0.1) is 38.6 Å². The maximum atomic E-state index is 13.4. The molecule has 0 amide bonds. The number of Topliss-reactive ketones (excluding diaryl/α,β-unsaturated/α-hetero) is 1. The summed E-state index contributed by atoms with van der Waals surface area (Å²) in [6, 6.07) is 0. The van der Waals surface area contributed by atoms with E-state index in [0.29, 0.717) is 16.7 Å². The molecule has 23 nitrogen and oxygen atoms in total. The van der Waals surface area contributed by atoms with Crippen molar-refractivity contribution in [3.63, 3.8) is 0 Å². The van der Waals surface area contributed by atoms with Gasteiger partial charge in [-0.3, -0.25) is 4.79 Å². The zero-order chi connectivity index (χ0) is 55.3. The van der Waals surface area contributed by atoms with Gasteiger partial charge in [-0.15, -0.1) is 0 Å². The number of ketones is 1. The molecule has 24 atom stereocenters. The summed E-state index contributed by atoms with van der Waals surface area (Å²) in [5.74, 6) is -1.33. The van der Waals surface area contributed by atoms with Crippen molar-refractivity contribution in [3.8, 4) is 0 Å². The van der Waals surface area contributed by atoms with Gasteiger partial charge < -0.3 is 110 Å². The van der Waals surface area contributed by atoms with Crippen LogP contribution in [0.25, 0.3) is 0 Å². The summed E-state index contributed by atoms with van der Waals surface area (Å²) in [5.41, 5.74) is 1.46. The molecule has 0 aromatic heterocycles. The molecule has 0 spiro atoms. The minimum absolute atomic E-state index is 0.0787. The molecule has 0 aromatic carbocycles. The molecular weight excluding hydrogens is 981 g/mol. The van der Waals surface area contributed by atoms with E-state index in [1.165, 1.54) is 25.3 Å². The largest absolute Gasteiger partial charge is 0.394 e. The van der Waals surface area contributed by atoms with E-state index in [0.717, 1.165) is 0 Å². The van der Waals surface area contributed by atoms with Gasteiger partial charge in [-0.25, -0.2) is 0 Å². The Labute approximate surface area is 431 Å². The second kappa shape index (κ2) is 29.8. The first kappa shape index (κ1) is 63.8. The lowest BCUT2D eigenvalue weighted by molar-refractivity contribution is -0.365. The Hall–Kier alpha value is -2.77. The molecular formula is C51H82O23. The maximum absolute atomic E-state index is 13.4. The van der Waals surface area contributed by atoms with E-state index in [9.17, 15) is 81.4 Å². The van der Waals surface area contributed by atoms with E-state index < -0.39 is 160 Å². The number of carbonyl (C=O) groups excluding carboxylic acids is 1. The third kappa shape index (κ3) is 16.6. The van der Waals surface area contributed by atoms with Crippen LogP contribution in [0, 0.1) is 23.7 Å². The monoisotopic (exact) mass is 1060 g/mol. The average molecular weight is 1060 g/mol. The minimum Gasteiger partial charge on any atom is -0.394 e. The van der Waals surface area contributed by atoms with E-state index in [-0.39, 0.29) is 37.1 Å². The second-order valence-corrected chi connectivity index (χ2v) is 20.0. The average Bonchev–Trinajstić information content (AvgIpc) is 3.36. The molecule has 3 aliphatic heterocycles. The lowest BCUT2D eigenvalue weighted by Gasteiger charge is -2.46. The van der Waals surface area contributed by atoms with E-state index in [1.807, 2.05) is 32.9 Å². The van der Waals surface area contributed by atoms with E-state index in [1.54, 1.807) is 45.1 Å². The number of carbonyl (C=O) groups is 1. The molecule has 3 fully saturated rings. The molecule has 1 aliphatic carbocycles. The smallest absolute Gasteiger partial charge is 0.187 e. The third-order valence-electron chi connectivity index (χ3n) is 13.9. The van der Waals surface area contributed by atoms with Crippen LogP contribution in [-0.4, -0.2) is 245 Å². The van der Waals surface area contributed by atoms with Crippen molar-refractivity contribution in [2.75, 3.05) is 33.5 Å². The first-order valence-corrected chi connectivity index (χ1v) is 24.9. The quantitative estimate of drug-likeness (QED) is 0.0314. The lowest BCUT2D eigenvalue weighted by Crippen LogP contribution is -2.65. The van der Waals surface area contributed by atoms with E-state index in [2.05, 4.69) is 0 Å². The number of ether oxygens (including phenoxy) is 7. The summed E-state index contributed by atoms with van der Waals surface area (Å²) < 4.78 is 39.1. The van der Waals surface area contributed by atoms with E-state index >= 15 is 0 Å². The molecule has 0 radical (unpaired) electrons. The number of methoxy groups -OCH3 is 1. The summed E-state index contributed by atoms with van der Waals surface area (Å²) >= 11 is 0. The molecule has 4 aliphatic rings. The van der Waals surface area contributed by atoms with Crippen molar-refractivity contribution < 1.29 is 115 Å². The van der Waals surface area contributed by atoms with Crippen LogP contribution in [0.1, 0.15) is 54.4 Å². The van der Waals surface area contributed by atoms with Crippen LogP contribution < -0.4 is 0 Å². The molecule has 3 saturated heterocycles. The Morgan fingerprint density at radius 3 is 1.88 bits per heavy atom. The number of aliphatic hydroxyl groups excluding tert-OH is 15. The molecule has 4 rings (SSSR count). The molecule has 0 bridgehead atoms. The van der Waals surface area contributed by atoms with Gasteiger partial charge in [-0.2, -0.15) is 0 Å². The van der Waals surface area contributed by atoms with Crippen LogP contribution in [0.2, 0.25) is 0 Å². The highest BCUT2D eigenvalue weighted by atomic mass is 16.7. The van der Waals surface area contributed by atoms with Crippen LogP contribution in [0.4, 0.5) is 0 Å². The summed E-state index contributed by atoms with van der Waals surface area (Å²) in [4.78, 5) is 13.4. The molecule has 424 valence electrons. The maximum Gasteiger partial charge on any atom is 0.187 e. The molecule has 15 N–H and O–H groups in total. The Bertz CT molecular complexity index is 1900. The van der Waals surface area contributed by atoms with Gasteiger partial charge in [0.1, 0.15) is 97.7 Å². The summed E-state index contributed by atoms with van der Waals surface area (Å²) in [6.07, 6.45) is -17.9. The highest BCUT2D eigenvalue weighted by Gasteiger charge is 2.52. The molecule has 74 heavy (non-hydrogen) atoms. The molecule has 0 saturated carbocycles. The van der Waals surface area contributed by atoms with Crippen molar-refractivity contribution in [2.24, 2.45) is 23.7 Å². The molecule has 1 unspecified atom stereocenters. The Balaban J connectivity index is 1.36. The van der Waals surface area contributed by atoms with Gasteiger partial charge in [0.2, 0.25) is 0 Å². The van der Waals surface area contributed by atoms with Crippen molar-refractivity contribution in [1.29, 1.82) is 0 Å². The molecule has 3 heterocycles. The van der Waals surface area contributed by atoms with Crippen LogP contribution in [-0.2, 0) is 38.0 Å². The number of rotatable bonds is 25. The summed E-state index contributed by atoms with van der Waals surface area (Å²) in [5, 5.41) is 158.